The Kier molecular flexibility index (Phi) is 3.95. The summed E-state index contributed by atoms with van der Waals surface area (Å²) in [5, 5.41) is 3.71. The first kappa shape index (κ1) is 14.1. The number of hydrogen-bond donors (Lipinski definition) is 0. The Hall–Kier alpha value is -1.84. The molecule has 2 aromatic carbocycles. The van der Waals surface area contributed by atoms with Crippen LogP contribution in [0.3, 0.4) is 0 Å². The van der Waals surface area contributed by atoms with E-state index in [1.54, 1.807) is 36.6 Å². The molecule has 0 atom stereocenters. The number of halogens is 1. The first-order valence-electron chi connectivity index (χ1n) is 6.51. The lowest BCUT2D eigenvalue weighted by atomic mass is 10.0. The van der Waals surface area contributed by atoms with Crippen molar-refractivity contribution >= 4 is 38.8 Å². The van der Waals surface area contributed by atoms with Crippen LogP contribution in [0.2, 0.25) is 5.02 Å². The summed E-state index contributed by atoms with van der Waals surface area (Å²) in [6.45, 7) is 0. The average molecular weight is 317 g/mol. The summed E-state index contributed by atoms with van der Waals surface area (Å²) in [5.74, 6) is 0.571. The van der Waals surface area contributed by atoms with Crippen LogP contribution in [0.25, 0.3) is 10.1 Å². The summed E-state index contributed by atoms with van der Waals surface area (Å²) in [6, 6.07) is 13.2. The Labute approximate surface area is 131 Å². The molecule has 0 aliphatic rings. The highest BCUT2D eigenvalue weighted by Gasteiger charge is 2.15. The van der Waals surface area contributed by atoms with Gasteiger partial charge in [-0.1, -0.05) is 29.8 Å². The third-order valence-corrected chi connectivity index (χ3v) is 4.62. The van der Waals surface area contributed by atoms with Gasteiger partial charge in [0.15, 0.2) is 5.78 Å². The van der Waals surface area contributed by atoms with E-state index in [9.17, 15) is 4.79 Å². The van der Waals surface area contributed by atoms with Gasteiger partial charge in [-0.25, -0.2) is 0 Å². The molecule has 0 bridgehead atoms. The van der Waals surface area contributed by atoms with Gasteiger partial charge >= 0.3 is 0 Å². The highest BCUT2D eigenvalue weighted by molar-refractivity contribution is 7.17. The second-order valence-electron chi connectivity index (χ2n) is 4.70. The molecule has 0 aliphatic carbocycles. The van der Waals surface area contributed by atoms with Crippen LogP contribution < -0.4 is 4.74 Å². The molecule has 0 spiro atoms. The first-order chi connectivity index (χ1) is 10.2. The molecule has 0 saturated carbocycles. The molecule has 0 saturated heterocycles. The molecule has 1 aromatic heterocycles. The number of hydrogen-bond acceptors (Lipinski definition) is 3. The third-order valence-electron chi connectivity index (χ3n) is 3.37. The molecule has 0 N–H and O–H groups in total. The van der Waals surface area contributed by atoms with Crippen molar-refractivity contribution in [1.29, 1.82) is 0 Å². The summed E-state index contributed by atoms with van der Waals surface area (Å²) in [5.41, 5.74) is 1.57. The number of benzene rings is 2. The highest BCUT2D eigenvalue weighted by atomic mass is 35.5. The zero-order valence-electron chi connectivity index (χ0n) is 11.4. The van der Waals surface area contributed by atoms with Gasteiger partial charge in [0.2, 0.25) is 0 Å². The van der Waals surface area contributed by atoms with E-state index >= 15 is 0 Å². The lowest BCUT2D eigenvalue weighted by Crippen LogP contribution is -2.05. The molecule has 0 aliphatic heterocycles. The summed E-state index contributed by atoms with van der Waals surface area (Å²) < 4.78 is 6.44. The number of Topliss-reactive ketones (excluding diaryl/α,β-unsaturated/α-hetero) is 1. The zero-order valence-corrected chi connectivity index (χ0v) is 13.0. The predicted octanol–water partition coefficient (Wildman–Crippen LogP) is 4.99. The van der Waals surface area contributed by atoms with E-state index in [2.05, 4.69) is 6.07 Å². The van der Waals surface area contributed by atoms with Gasteiger partial charge in [-0.05, 0) is 40.6 Å². The number of fused-ring (bicyclic) bond motifs is 1. The number of rotatable bonds is 4. The molecule has 0 unspecified atom stereocenters. The topological polar surface area (TPSA) is 26.3 Å². The maximum absolute atomic E-state index is 12.6. The molecule has 3 rings (SSSR count). The van der Waals surface area contributed by atoms with Gasteiger partial charge in [-0.3, -0.25) is 4.79 Å². The lowest BCUT2D eigenvalue weighted by molar-refractivity contribution is 0.0990. The van der Waals surface area contributed by atoms with Crippen LogP contribution in [0.5, 0.6) is 5.75 Å². The molecule has 0 amide bonds. The van der Waals surface area contributed by atoms with Gasteiger partial charge in [0, 0.05) is 16.1 Å². The smallest absolute Gasteiger partial charge is 0.171 e. The molecule has 0 fully saturated rings. The maximum atomic E-state index is 12.6. The largest absolute Gasteiger partial charge is 0.496 e. The fraction of sp³-hybridized carbons (Fsp3) is 0.118. The van der Waals surface area contributed by atoms with Gasteiger partial charge in [0.25, 0.3) is 0 Å². The van der Waals surface area contributed by atoms with Gasteiger partial charge in [-0.15, -0.1) is 11.3 Å². The zero-order chi connectivity index (χ0) is 14.8. The van der Waals surface area contributed by atoms with Crippen LogP contribution in [-0.2, 0) is 6.42 Å². The number of ketones is 1. The van der Waals surface area contributed by atoms with E-state index in [1.807, 2.05) is 23.6 Å². The molecular formula is C17H13ClO2S. The average Bonchev–Trinajstić information content (AvgIpc) is 2.90. The summed E-state index contributed by atoms with van der Waals surface area (Å²) in [4.78, 5) is 12.6. The van der Waals surface area contributed by atoms with Gasteiger partial charge in [-0.2, -0.15) is 0 Å². The second kappa shape index (κ2) is 5.88. The molecule has 0 radical (unpaired) electrons. The third kappa shape index (κ3) is 2.80. The van der Waals surface area contributed by atoms with E-state index in [-0.39, 0.29) is 5.78 Å². The van der Waals surface area contributed by atoms with E-state index in [1.165, 1.54) is 4.70 Å². The van der Waals surface area contributed by atoms with Crippen molar-refractivity contribution in [3.05, 3.63) is 64.0 Å². The van der Waals surface area contributed by atoms with Crippen molar-refractivity contribution in [2.24, 2.45) is 0 Å². The van der Waals surface area contributed by atoms with Gasteiger partial charge < -0.3 is 4.74 Å². The monoisotopic (exact) mass is 316 g/mol. The van der Waals surface area contributed by atoms with Crippen LogP contribution >= 0.6 is 22.9 Å². The molecule has 4 heteroatoms. The van der Waals surface area contributed by atoms with E-state index in [0.717, 1.165) is 10.9 Å². The highest BCUT2D eigenvalue weighted by Crippen LogP contribution is 2.29. The van der Waals surface area contributed by atoms with Crippen LogP contribution in [0.1, 0.15) is 15.9 Å². The molecule has 3 aromatic rings. The van der Waals surface area contributed by atoms with Crippen LogP contribution in [0.4, 0.5) is 0 Å². The van der Waals surface area contributed by atoms with Gasteiger partial charge in [0.05, 0.1) is 12.7 Å². The number of ether oxygens (including phenoxy) is 1. The normalized spacial score (nSPS) is 10.8. The van der Waals surface area contributed by atoms with Crippen molar-refractivity contribution in [2.45, 2.75) is 6.42 Å². The summed E-state index contributed by atoms with van der Waals surface area (Å²) in [6.07, 6.45) is 0.348. The van der Waals surface area contributed by atoms with Crippen LogP contribution in [0, 0.1) is 0 Å². The van der Waals surface area contributed by atoms with Crippen LogP contribution in [0.15, 0.2) is 47.8 Å². The lowest BCUT2D eigenvalue weighted by Gasteiger charge is -2.08. The number of carbonyl (C=O) groups is 1. The Morgan fingerprint density at radius 2 is 2.05 bits per heavy atom. The SMILES string of the molecule is COc1ccc(Cl)cc1C(=O)Cc1csc2ccccc12. The Balaban J connectivity index is 1.95. The summed E-state index contributed by atoms with van der Waals surface area (Å²) in [7, 11) is 1.56. The van der Waals surface area contributed by atoms with Crippen molar-refractivity contribution in [3.63, 3.8) is 0 Å². The second-order valence-corrected chi connectivity index (χ2v) is 6.05. The van der Waals surface area contributed by atoms with E-state index in [4.69, 9.17) is 16.3 Å². The minimum Gasteiger partial charge on any atom is -0.496 e. The van der Waals surface area contributed by atoms with E-state index < -0.39 is 0 Å². The van der Waals surface area contributed by atoms with Crippen molar-refractivity contribution < 1.29 is 9.53 Å². The predicted molar refractivity (Wildman–Crippen MR) is 87.9 cm³/mol. The van der Waals surface area contributed by atoms with Crippen LogP contribution in [-0.4, -0.2) is 12.9 Å². The van der Waals surface area contributed by atoms with Crippen molar-refractivity contribution in [3.8, 4) is 5.75 Å². The first-order valence-corrected chi connectivity index (χ1v) is 7.76. The minimum absolute atomic E-state index is 0.0119. The molecule has 1 heterocycles. The van der Waals surface area contributed by atoms with E-state index in [0.29, 0.717) is 22.8 Å². The van der Waals surface area contributed by atoms with Crippen molar-refractivity contribution in [2.75, 3.05) is 7.11 Å². The summed E-state index contributed by atoms with van der Waals surface area (Å²) >= 11 is 7.64. The molecule has 2 nitrogen and oxygen atoms in total. The molecular weight excluding hydrogens is 304 g/mol. The Morgan fingerprint density at radius 1 is 1.24 bits per heavy atom. The van der Waals surface area contributed by atoms with Crippen molar-refractivity contribution in [1.82, 2.24) is 0 Å². The number of carbonyl (C=O) groups excluding carboxylic acids is 1. The van der Waals surface area contributed by atoms with Gasteiger partial charge in [0.1, 0.15) is 5.75 Å². The fourth-order valence-electron chi connectivity index (χ4n) is 2.34. The Bertz CT molecular complexity index is 807. The Morgan fingerprint density at radius 3 is 2.86 bits per heavy atom. The minimum atomic E-state index is 0.0119. The maximum Gasteiger partial charge on any atom is 0.171 e. The number of thiophene rings is 1. The molecule has 106 valence electrons. The molecule has 21 heavy (non-hydrogen) atoms. The standard InChI is InChI=1S/C17H13ClO2S/c1-20-16-7-6-12(18)9-14(16)15(19)8-11-10-21-17-5-3-2-4-13(11)17/h2-7,9-10H,8H2,1H3. The number of methoxy groups -OCH3 is 1. The quantitative estimate of drug-likeness (QED) is 0.634. The fourth-order valence-corrected chi connectivity index (χ4v) is 3.47.